The predicted molar refractivity (Wildman–Crippen MR) is 96.3 cm³/mol. The van der Waals surface area contributed by atoms with E-state index in [2.05, 4.69) is 20.0 Å². The maximum Gasteiger partial charge on any atom is 0.226 e. The molecule has 2 saturated heterocycles. The number of carbonyl (C=O) groups excluding carboxylic acids is 1. The molecule has 0 bridgehead atoms. The van der Waals surface area contributed by atoms with E-state index in [0.29, 0.717) is 11.8 Å². The molecule has 140 valence electrons. The molecule has 1 atom stereocenters. The van der Waals surface area contributed by atoms with Crippen LogP contribution < -0.4 is 0 Å². The summed E-state index contributed by atoms with van der Waals surface area (Å²) in [4.78, 5) is 17.4. The smallest absolute Gasteiger partial charge is 0.226 e. The Labute approximate surface area is 154 Å². The number of hydrogen-bond acceptors (Lipinski definition) is 5. The number of carbonyl (C=O) groups is 1. The summed E-state index contributed by atoms with van der Waals surface area (Å²) in [5.41, 5.74) is 0. The van der Waals surface area contributed by atoms with Crippen LogP contribution in [0.5, 0.6) is 0 Å². The van der Waals surface area contributed by atoms with Crippen LogP contribution in [-0.4, -0.2) is 56.7 Å². The van der Waals surface area contributed by atoms with Crippen molar-refractivity contribution in [3.8, 4) is 0 Å². The minimum Gasteiger partial charge on any atom is -0.468 e. The standard InChI is InChI=1S/C19H27N5O2/c1-22-14-20-21-18(22)15-6-9-24(10-7-15)19(25)16-4-2-8-23(12-16)13-17-5-3-11-26-17/h3,5,11,14-16H,2,4,6-10,12-13H2,1H3/t16-/m1/s1. The minimum absolute atomic E-state index is 0.116. The number of nitrogens with zero attached hydrogens (tertiary/aromatic N) is 5. The Bertz CT molecular complexity index is 718. The molecule has 2 aliphatic heterocycles. The van der Waals surface area contributed by atoms with Crippen LogP contribution in [-0.2, 0) is 18.4 Å². The van der Waals surface area contributed by atoms with Gasteiger partial charge < -0.3 is 13.9 Å². The SMILES string of the molecule is Cn1cnnc1C1CCN(C(=O)[C@@H]2CCCN(Cc3ccco3)C2)CC1. The Balaban J connectivity index is 1.31. The zero-order valence-electron chi connectivity index (χ0n) is 15.4. The highest BCUT2D eigenvalue weighted by atomic mass is 16.3. The van der Waals surface area contributed by atoms with Crippen molar-refractivity contribution in [2.75, 3.05) is 26.2 Å². The molecule has 4 heterocycles. The molecule has 0 unspecified atom stereocenters. The van der Waals surface area contributed by atoms with Crippen molar-refractivity contribution in [2.24, 2.45) is 13.0 Å². The summed E-state index contributed by atoms with van der Waals surface area (Å²) in [5.74, 6) is 2.87. The van der Waals surface area contributed by atoms with Crippen molar-refractivity contribution in [1.82, 2.24) is 24.6 Å². The fourth-order valence-corrected chi connectivity index (χ4v) is 4.30. The third-order valence-electron chi connectivity index (χ3n) is 5.73. The third kappa shape index (κ3) is 3.67. The molecule has 2 aromatic heterocycles. The van der Waals surface area contributed by atoms with Crippen molar-refractivity contribution in [3.63, 3.8) is 0 Å². The summed E-state index contributed by atoms with van der Waals surface area (Å²) in [7, 11) is 1.99. The summed E-state index contributed by atoms with van der Waals surface area (Å²) in [5, 5.41) is 8.22. The van der Waals surface area contributed by atoms with E-state index < -0.39 is 0 Å². The van der Waals surface area contributed by atoms with Gasteiger partial charge in [0.1, 0.15) is 17.9 Å². The van der Waals surface area contributed by atoms with Gasteiger partial charge in [-0.3, -0.25) is 9.69 Å². The van der Waals surface area contributed by atoms with Crippen LogP contribution in [0.15, 0.2) is 29.1 Å². The van der Waals surface area contributed by atoms with Gasteiger partial charge in [-0.05, 0) is 44.4 Å². The van der Waals surface area contributed by atoms with Gasteiger partial charge in [0, 0.05) is 32.6 Å². The number of amides is 1. The van der Waals surface area contributed by atoms with E-state index in [4.69, 9.17) is 4.42 Å². The Kier molecular flexibility index (Phi) is 5.06. The second kappa shape index (κ2) is 7.61. The van der Waals surface area contributed by atoms with Crippen molar-refractivity contribution < 1.29 is 9.21 Å². The summed E-state index contributed by atoms with van der Waals surface area (Å²) >= 11 is 0. The molecular weight excluding hydrogens is 330 g/mol. The van der Waals surface area contributed by atoms with Crippen molar-refractivity contribution in [1.29, 1.82) is 0 Å². The van der Waals surface area contributed by atoms with Crippen LogP contribution in [0.2, 0.25) is 0 Å². The summed E-state index contributed by atoms with van der Waals surface area (Å²) in [6, 6.07) is 3.92. The van der Waals surface area contributed by atoms with Crippen LogP contribution in [0.25, 0.3) is 0 Å². The van der Waals surface area contributed by atoms with Gasteiger partial charge in [0.05, 0.1) is 18.7 Å². The van der Waals surface area contributed by atoms with E-state index in [9.17, 15) is 4.79 Å². The average Bonchev–Trinajstić information content (AvgIpc) is 3.33. The highest BCUT2D eigenvalue weighted by Gasteiger charge is 2.32. The first-order valence-corrected chi connectivity index (χ1v) is 9.58. The molecule has 7 nitrogen and oxygen atoms in total. The van der Waals surface area contributed by atoms with Gasteiger partial charge in [0.2, 0.25) is 5.91 Å². The molecular formula is C19H27N5O2. The Morgan fingerprint density at radius 2 is 2.12 bits per heavy atom. The Morgan fingerprint density at radius 1 is 1.27 bits per heavy atom. The zero-order valence-corrected chi connectivity index (χ0v) is 15.4. The van der Waals surface area contributed by atoms with Crippen molar-refractivity contribution >= 4 is 5.91 Å². The zero-order chi connectivity index (χ0) is 17.9. The summed E-state index contributed by atoms with van der Waals surface area (Å²) in [6.45, 7) is 4.32. The lowest BCUT2D eigenvalue weighted by Gasteiger charge is -2.37. The molecule has 0 saturated carbocycles. The maximum atomic E-state index is 13.0. The Hall–Kier alpha value is -2.15. The van der Waals surface area contributed by atoms with Crippen molar-refractivity contribution in [2.45, 2.75) is 38.1 Å². The van der Waals surface area contributed by atoms with Crippen LogP contribution in [0, 0.1) is 5.92 Å². The number of furan rings is 1. The molecule has 26 heavy (non-hydrogen) atoms. The topological polar surface area (TPSA) is 67.4 Å². The van der Waals surface area contributed by atoms with Gasteiger partial charge in [0.15, 0.2) is 0 Å². The van der Waals surface area contributed by atoms with Crippen LogP contribution in [0.4, 0.5) is 0 Å². The van der Waals surface area contributed by atoms with E-state index >= 15 is 0 Å². The van der Waals surface area contributed by atoms with E-state index in [1.807, 2.05) is 23.7 Å². The molecule has 0 radical (unpaired) electrons. The molecule has 0 aliphatic carbocycles. The van der Waals surface area contributed by atoms with E-state index in [-0.39, 0.29) is 5.92 Å². The van der Waals surface area contributed by atoms with Gasteiger partial charge in [0.25, 0.3) is 0 Å². The molecule has 0 N–H and O–H groups in total. The lowest BCUT2D eigenvalue weighted by molar-refractivity contribution is -0.138. The number of aryl methyl sites for hydroxylation is 1. The number of likely N-dealkylation sites (tertiary alicyclic amines) is 2. The fraction of sp³-hybridized carbons (Fsp3) is 0.632. The number of piperidine rings is 2. The molecule has 1 amide bonds. The molecule has 7 heteroatoms. The molecule has 2 fully saturated rings. The van der Waals surface area contributed by atoms with Gasteiger partial charge in [-0.25, -0.2) is 0 Å². The van der Waals surface area contributed by atoms with Crippen LogP contribution in [0.3, 0.4) is 0 Å². The summed E-state index contributed by atoms with van der Waals surface area (Å²) in [6.07, 6.45) is 7.48. The molecule has 2 aromatic rings. The number of rotatable bonds is 4. The molecule has 4 rings (SSSR count). The fourth-order valence-electron chi connectivity index (χ4n) is 4.30. The quantitative estimate of drug-likeness (QED) is 0.837. The highest BCUT2D eigenvalue weighted by Crippen LogP contribution is 2.28. The van der Waals surface area contributed by atoms with Gasteiger partial charge in [-0.2, -0.15) is 0 Å². The van der Waals surface area contributed by atoms with Gasteiger partial charge in [-0.15, -0.1) is 10.2 Å². The summed E-state index contributed by atoms with van der Waals surface area (Å²) < 4.78 is 7.45. The lowest BCUT2D eigenvalue weighted by Crippen LogP contribution is -2.47. The van der Waals surface area contributed by atoms with E-state index in [0.717, 1.165) is 70.0 Å². The van der Waals surface area contributed by atoms with E-state index in [1.165, 1.54) is 0 Å². The second-order valence-corrected chi connectivity index (χ2v) is 7.55. The van der Waals surface area contributed by atoms with Gasteiger partial charge in [-0.1, -0.05) is 0 Å². The average molecular weight is 357 g/mol. The number of hydrogen-bond donors (Lipinski definition) is 0. The molecule has 2 aliphatic rings. The first-order chi connectivity index (χ1) is 12.7. The largest absolute Gasteiger partial charge is 0.468 e. The first kappa shape index (κ1) is 17.3. The maximum absolute atomic E-state index is 13.0. The lowest BCUT2D eigenvalue weighted by atomic mass is 9.92. The highest BCUT2D eigenvalue weighted by molar-refractivity contribution is 5.79. The number of aromatic nitrogens is 3. The Morgan fingerprint density at radius 3 is 2.81 bits per heavy atom. The second-order valence-electron chi connectivity index (χ2n) is 7.55. The third-order valence-corrected chi connectivity index (χ3v) is 5.73. The van der Waals surface area contributed by atoms with Crippen LogP contribution >= 0.6 is 0 Å². The predicted octanol–water partition coefficient (Wildman–Crippen LogP) is 2.03. The molecule has 0 aromatic carbocycles. The first-order valence-electron chi connectivity index (χ1n) is 9.58. The minimum atomic E-state index is 0.116. The van der Waals surface area contributed by atoms with Crippen LogP contribution in [0.1, 0.15) is 43.2 Å². The normalized spacial score (nSPS) is 22.7. The van der Waals surface area contributed by atoms with Crippen molar-refractivity contribution in [3.05, 3.63) is 36.3 Å². The monoisotopic (exact) mass is 357 g/mol. The van der Waals surface area contributed by atoms with Gasteiger partial charge >= 0.3 is 0 Å². The molecule has 0 spiro atoms. The van der Waals surface area contributed by atoms with E-state index in [1.54, 1.807) is 12.6 Å².